The minimum atomic E-state index is -1.07. The molecule has 158 valence electrons. The Morgan fingerprint density at radius 1 is 1.13 bits per heavy atom. The van der Waals surface area contributed by atoms with Crippen molar-refractivity contribution < 1.29 is 33.4 Å². The van der Waals surface area contributed by atoms with Crippen molar-refractivity contribution in [2.24, 2.45) is 11.8 Å². The van der Waals surface area contributed by atoms with E-state index in [0.717, 1.165) is 10.5 Å². The summed E-state index contributed by atoms with van der Waals surface area (Å²) in [5.41, 5.74) is 0.801. The van der Waals surface area contributed by atoms with Crippen molar-refractivity contribution >= 4 is 23.7 Å². The summed E-state index contributed by atoms with van der Waals surface area (Å²) in [4.78, 5) is 50.2. The molecule has 9 nitrogen and oxygen atoms in total. The first-order valence-electron chi connectivity index (χ1n) is 9.80. The first kappa shape index (κ1) is 19.9. The van der Waals surface area contributed by atoms with Gasteiger partial charge in [0.05, 0.1) is 11.8 Å². The summed E-state index contributed by atoms with van der Waals surface area (Å²) in [5.74, 6) is -1.55. The highest BCUT2D eigenvalue weighted by atomic mass is 16.7. The summed E-state index contributed by atoms with van der Waals surface area (Å²) in [6, 6.07) is 5.31. The molecule has 9 heteroatoms. The number of imide groups is 1. The Labute approximate surface area is 172 Å². The van der Waals surface area contributed by atoms with Crippen molar-refractivity contribution in [1.82, 2.24) is 10.2 Å². The van der Waals surface area contributed by atoms with Crippen LogP contribution in [0.5, 0.6) is 11.5 Å². The Balaban J connectivity index is 1.26. The van der Waals surface area contributed by atoms with E-state index in [9.17, 15) is 19.2 Å². The number of amides is 3. The van der Waals surface area contributed by atoms with Gasteiger partial charge in [-0.1, -0.05) is 18.2 Å². The summed E-state index contributed by atoms with van der Waals surface area (Å²) >= 11 is 0. The number of fused-ring (bicyclic) bond motifs is 2. The second-order valence-corrected chi connectivity index (χ2v) is 7.46. The number of nitrogens with zero attached hydrogens (tertiary/aromatic N) is 1. The fraction of sp³-hybridized carbons (Fsp3) is 0.429. The van der Waals surface area contributed by atoms with Crippen LogP contribution in [0.2, 0.25) is 0 Å². The first-order valence-corrected chi connectivity index (χ1v) is 9.80. The number of likely N-dealkylation sites (tertiary alicyclic amines) is 1. The van der Waals surface area contributed by atoms with Crippen LogP contribution in [0.1, 0.15) is 25.3 Å². The molecule has 1 aliphatic carbocycles. The number of hydrogen-bond donors (Lipinski definition) is 1. The maximum absolute atomic E-state index is 12.4. The summed E-state index contributed by atoms with van der Waals surface area (Å²) in [6.07, 6.45) is 3.68. The standard InChI is InChI=1S/C21H22N2O7/c1-12(19(25)22-9-13-6-7-16-17(8-13)29-11-28-16)30-18(24)10-23-20(26)14-4-2-3-5-15(14)21(23)27/h2-3,6-8,12,14-15H,4-5,9-11H2,1H3,(H,22,25)/t12-,14+,15+/m1/s1. The largest absolute Gasteiger partial charge is 0.454 e. The normalized spacial score (nSPS) is 22.6. The number of rotatable bonds is 6. The average Bonchev–Trinajstić information content (AvgIpc) is 3.30. The molecule has 2 aliphatic heterocycles. The smallest absolute Gasteiger partial charge is 0.326 e. The van der Waals surface area contributed by atoms with E-state index in [-0.39, 0.29) is 25.2 Å². The topological polar surface area (TPSA) is 111 Å². The number of ether oxygens (including phenoxy) is 3. The monoisotopic (exact) mass is 414 g/mol. The summed E-state index contributed by atoms with van der Waals surface area (Å²) in [5, 5.41) is 2.68. The highest BCUT2D eigenvalue weighted by Gasteiger charge is 2.47. The van der Waals surface area contributed by atoms with E-state index >= 15 is 0 Å². The number of nitrogens with one attached hydrogen (secondary N) is 1. The van der Waals surface area contributed by atoms with Crippen LogP contribution in [0.25, 0.3) is 0 Å². The van der Waals surface area contributed by atoms with E-state index in [0.29, 0.717) is 24.3 Å². The molecular formula is C21H22N2O7. The average molecular weight is 414 g/mol. The number of carbonyl (C=O) groups is 4. The molecule has 3 atom stereocenters. The summed E-state index contributed by atoms with van der Waals surface area (Å²) in [7, 11) is 0. The first-order chi connectivity index (χ1) is 14.4. The Morgan fingerprint density at radius 3 is 2.50 bits per heavy atom. The van der Waals surface area contributed by atoms with Gasteiger partial charge in [-0.25, -0.2) is 0 Å². The Hall–Kier alpha value is -3.36. The van der Waals surface area contributed by atoms with Crippen LogP contribution in [0.3, 0.4) is 0 Å². The Bertz CT molecular complexity index is 900. The zero-order valence-electron chi connectivity index (χ0n) is 16.5. The van der Waals surface area contributed by atoms with E-state index in [1.807, 2.05) is 12.2 Å². The molecule has 0 spiro atoms. The molecule has 0 saturated carbocycles. The quantitative estimate of drug-likeness (QED) is 0.418. The van der Waals surface area contributed by atoms with Crippen LogP contribution in [0.15, 0.2) is 30.4 Å². The summed E-state index contributed by atoms with van der Waals surface area (Å²) < 4.78 is 15.7. The zero-order valence-corrected chi connectivity index (χ0v) is 16.5. The minimum Gasteiger partial charge on any atom is -0.454 e. The molecule has 0 aromatic heterocycles. The molecule has 1 aromatic rings. The molecule has 1 N–H and O–H groups in total. The minimum absolute atomic E-state index is 0.165. The van der Waals surface area contributed by atoms with Gasteiger partial charge in [-0.3, -0.25) is 24.1 Å². The third-order valence-corrected chi connectivity index (χ3v) is 5.47. The van der Waals surface area contributed by atoms with Gasteiger partial charge in [0, 0.05) is 6.54 Å². The van der Waals surface area contributed by atoms with Crippen molar-refractivity contribution in [3.05, 3.63) is 35.9 Å². The second kappa shape index (κ2) is 8.17. The number of hydrogen-bond acceptors (Lipinski definition) is 7. The number of allylic oxidation sites excluding steroid dienone is 2. The lowest BCUT2D eigenvalue weighted by molar-refractivity contribution is -0.159. The number of benzene rings is 1. The van der Waals surface area contributed by atoms with Crippen molar-refractivity contribution in [2.45, 2.75) is 32.4 Å². The maximum Gasteiger partial charge on any atom is 0.326 e. The van der Waals surface area contributed by atoms with Gasteiger partial charge < -0.3 is 19.5 Å². The number of carbonyl (C=O) groups excluding carboxylic acids is 4. The van der Waals surface area contributed by atoms with Crippen molar-refractivity contribution in [3.8, 4) is 11.5 Å². The molecule has 2 heterocycles. The Kier molecular flexibility index (Phi) is 5.43. The fourth-order valence-electron chi connectivity index (χ4n) is 3.83. The highest BCUT2D eigenvalue weighted by molar-refractivity contribution is 6.07. The van der Waals surface area contributed by atoms with Gasteiger partial charge in [-0.2, -0.15) is 0 Å². The van der Waals surface area contributed by atoms with Gasteiger partial charge in [0.15, 0.2) is 17.6 Å². The van der Waals surface area contributed by atoms with Crippen molar-refractivity contribution in [3.63, 3.8) is 0 Å². The van der Waals surface area contributed by atoms with Gasteiger partial charge in [-0.15, -0.1) is 0 Å². The molecule has 0 unspecified atom stereocenters. The lowest BCUT2D eigenvalue weighted by atomic mass is 9.85. The molecule has 0 radical (unpaired) electrons. The molecule has 3 aliphatic rings. The van der Waals surface area contributed by atoms with Gasteiger partial charge in [-0.05, 0) is 37.5 Å². The molecule has 3 amide bonds. The van der Waals surface area contributed by atoms with Gasteiger partial charge in [0.25, 0.3) is 5.91 Å². The Morgan fingerprint density at radius 2 is 1.80 bits per heavy atom. The van der Waals surface area contributed by atoms with Gasteiger partial charge in [0.2, 0.25) is 18.6 Å². The predicted molar refractivity (Wildman–Crippen MR) is 102 cm³/mol. The van der Waals surface area contributed by atoms with Crippen molar-refractivity contribution in [1.29, 1.82) is 0 Å². The van der Waals surface area contributed by atoms with E-state index in [2.05, 4.69) is 5.32 Å². The number of esters is 1. The van der Waals surface area contributed by atoms with Crippen LogP contribution in [-0.4, -0.2) is 48.0 Å². The van der Waals surface area contributed by atoms with Crippen molar-refractivity contribution in [2.75, 3.05) is 13.3 Å². The molecule has 1 aromatic carbocycles. The predicted octanol–water partition coefficient (Wildman–Crippen LogP) is 0.914. The zero-order chi connectivity index (χ0) is 21.3. The second-order valence-electron chi connectivity index (χ2n) is 7.46. The molecule has 0 bridgehead atoms. The van der Waals surface area contributed by atoms with E-state index in [4.69, 9.17) is 14.2 Å². The van der Waals surface area contributed by atoms with E-state index in [1.165, 1.54) is 6.92 Å². The molecule has 4 rings (SSSR count). The lowest BCUT2D eigenvalue weighted by Gasteiger charge is -2.17. The fourth-order valence-corrected chi connectivity index (χ4v) is 3.83. The lowest BCUT2D eigenvalue weighted by Crippen LogP contribution is -2.40. The molecule has 1 saturated heterocycles. The van der Waals surface area contributed by atoms with Gasteiger partial charge >= 0.3 is 5.97 Å². The highest BCUT2D eigenvalue weighted by Crippen LogP contribution is 2.35. The van der Waals surface area contributed by atoms with E-state index in [1.54, 1.807) is 18.2 Å². The third-order valence-electron chi connectivity index (χ3n) is 5.47. The summed E-state index contributed by atoms with van der Waals surface area (Å²) in [6.45, 7) is 1.34. The van der Waals surface area contributed by atoms with Crippen LogP contribution in [0, 0.1) is 11.8 Å². The van der Waals surface area contributed by atoms with Crippen LogP contribution < -0.4 is 14.8 Å². The van der Waals surface area contributed by atoms with Crippen LogP contribution >= 0.6 is 0 Å². The van der Waals surface area contributed by atoms with Crippen LogP contribution in [-0.2, 0) is 30.5 Å². The SMILES string of the molecule is C[C@@H](OC(=O)CN1C(=O)[C@H]2CC=CC[C@@H]2C1=O)C(=O)NCc1ccc2c(c1)OCO2. The maximum atomic E-state index is 12.4. The molecular weight excluding hydrogens is 392 g/mol. The van der Waals surface area contributed by atoms with Gasteiger partial charge in [0.1, 0.15) is 6.54 Å². The van der Waals surface area contributed by atoms with Crippen LogP contribution in [0.4, 0.5) is 0 Å². The molecule has 30 heavy (non-hydrogen) atoms. The molecule has 1 fully saturated rings. The third kappa shape index (κ3) is 3.87. The van der Waals surface area contributed by atoms with E-state index < -0.39 is 36.4 Å².